The van der Waals surface area contributed by atoms with E-state index in [-0.39, 0.29) is 0 Å². The van der Waals surface area contributed by atoms with Crippen molar-refractivity contribution in [1.82, 2.24) is 0 Å². The van der Waals surface area contributed by atoms with Gasteiger partial charge in [0.05, 0.1) is 12.2 Å². The first kappa shape index (κ1) is 10.7. The summed E-state index contributed by atoms with van der Waals surface area (Å²) in [7, 11) is 0. The van der Waals surface area contributed by atoms with E-state index in [2.05, 4.69) is 0 Å². The highest BCUT2D eigenvalue weighted by atomic mass is 16.6. The maximum Gasteiger partial charge on any atom is 0.350 e. The Hall–Kier alpha value is -1.84. The Kier molecular flexibility index (Phi) is 2.64. The molecular weight excluding hydrogens is 208 g/mol. The molecule has 1 aromatic rings. The Labute approximate surface area is 93.2 Å². The summed E-state index contributed by atoms with van der Waals surface area (Å²) in [4.78, 5) is 23.1. The van der Waals surface area contributed by atoms with Crippen molar-refractivity contribution in [2.45, 2.75) is 18.9 Å². The van der Waals surface area contributed by atoms with Crippen molar-refractivity contribution in [3.8, 4) is 0 Å². The Morgan fingerprint density at radius 1 is 1.38 bits per heavy atom. The number of hydrogen-bond donors (Lipinski definition) is 0. The highest BCUT2D eigenvalue weighted by molar-refractivity contribution is 5.92. The summed E-state index contributed by atoms with van der Waals surface area (Å²) in [6.45, 7) is 1.88. The predicted octanol–water partition coefficient (Wildman–Crippen LogP) is 1.55. The number of benzene rings is 1. The lowest BCUT2D eigenvalue weighted by Gasteiger charge is -2.19. The van der Waals surface area contributed by atoms with Crippen LogP contribution in [0.1, 0.15) is 23.7 Å². The van der Waals surface area contributed by atoms with Gasteiger partial charge in [-0.2, -0.15) is 0 Å². The zero-order valence-corrected chi connectivity index (χ0v) is 8.93. The molecule has 0 aliphatic carbocycles. The van der Waals surface area contributed by atoms with Crippen molar-refractivity contribution in [3.05, 3.63) is 35.9 Å². The maximum absolute atomic E-state index is 11.7. The molecule has 0 bridgehead atoms. The first-order valence-electron chi connectivity index (χ1n) is 5.07. The molecule has 0 amide bonds. The number of ether oxygens (including phenoxy) is 2. The molecule has 0 unspecified atom stereocenters. The van der Waals surface area contributed by atoms with E-state index in [1.165, 1.54) is 0 Å². The minimum atomic E-state index is -1.13. The number of hydrogen-bond acceptors (Lipinski definition) is 4. The van der Waals surface area contributed by atoms with E-state index in [1.54, 1.807) is 31.2 Å². The van der Waals surface area contributed by atoms with E-state index in [0.29, 0.717) is 18.6 Å². The SMILES string of the molecule is C[C@@]1(OC(=O)c2ccccc2)CCOC1=O. The van der Waals surface area contributed by atoms with Gasteiger partial charge in [-0.25, -0.2) is 9.59 Å². The summed E-state index contributed by atoms with van der Waals surface area (Å²) >= 11 is 0. The normalized spacial score (nSPS) is 23.9. The lowest BCUT2D eigenvalue weighted by atomic mass is 10.1. The second-order valence-corrected chi connectivity index (χ2v) is 3.87. The molecule has 1 heterocycles. The highest BCUT2D eigenvalue weighted by Crippen LogP contribution is 2.25. The Morgan fingerprint density at radius 2 is 2.06 bits per heavy atom. The fourth-order valence-electron chi connectivity index (χ4n) is 1.52. The molecule has 0 aromatic heterocycles. The third kappa shape index (κ3) is 1.91. The smallest absolute Gasteiger partial charge is 0.350 e. The topological polar surface area (TPSA) is 52.6 Å². The van der Waals surface area contributed by atoms with Gasteiger partial charge in [-0.05, 0) is 19.1 Å². The Morgan fingerprint density at radius 3 is 2.62 bits per heavy atom. The molecule has 1 saturated heterocycles. The van der Waals surface area contributed by atoms with E-state index in [1.807, 2.05) is 6.07 Å². The number of rotatable bonds is 2. The summed E-state index contributed by atoms with van der Waals surface area (Å²) in [5.74, 6) is -0.973. The van der Waals surface area contributed by atoms with Gasteiger partial charge in [-0.1, -0.05) is 18.2 Å². The molecule has 16 heavy (non-hydrogen) atoms. The van der Waals surface area contributed by atoms with Crippen molar-refractivity contribution < 1.29 is 19.1 Å². The van der Waals surface area contributed by atoms with Gasteiger partial charge in [-0.15, -0.1) is 0 Å². The zero-order chi connectivity index (χ0) is 11.6. The summed E-state index contributed by atoms with van der Waals surface area (Å²) < 4.78 is 9.97. The minimum Gasteiger partial charge on any atom is -0.463 e. The van der Waals surface area contributed by atoms with E-state index in [4.69, 9.17) is 9.47 Å². The molecular formula is C12H12O4. The number of esters is 2. The van der Waals surface area contributed by atoms with Crippen LogP contribution in [-0.4, -0.2) is 24.1 Å². The molecule has 2 rings (SSSR count). The average Bonchev–Trinajstić information content (AvgIpc) is 2.60. The molecule has 4 heteroatoms. The van der Waals surface area contributed by atoms with E-state index in [9.17, 15) is 9.59 Å². The third-order valence-corrected chi connectivity index (χ3v) is 2.57. The summed E-state index contributed by atoms with van der Waals surface area (Å²) in [5.41, 5.74) is -0.698. The van der Waals surface area contributed by atoms with Crippen LogP contribution in [0.5, 0.6) is 0 Å². The third-order valence-electron chi connectivity index (χ3n) is 2.57. The van der Waals surface area contributed by atoms with Crippen LogP contribution in [0, 0.1) is 0 Å². The fourth-order valence-corrected chi connectivity index (χ4v) is 1.52. The van der Waals surface area contributed by atoms with Crippen LogP contribution in [0.25, 0.3) is 0 Å². The molecule has 0 saturated carbocycles. The molecule has 1 aromatic carbocycles. The molecule has 1 aliphatic heterocycles. The number of cyclic esters (lactones) is 1. The average molecular weight is 220 g/mol. The van der Waals surface area contributed by atoms with Crippen molar-refractivity contribution in [2.75, 3.05) is 6.61 Å². The van der Waals surface area contributed by atoms with Gasteiger partial charge in [0.2, 0.25) is 5.60 Å². The highest BCUT2D eigenvalue weighted by Gasteiger charge is 2.43. The van der Waals surface area contributed by atoms with Crippen LogP contribution >= 0.6 is 0 Å². The van der Waals surface area contributed by atoms with Crippen molar-refractivity contribution in [3.63, 3.8) is 0 Å². The molecule has 0 N–H and O–H groups in total. The zero-order valence-electron chi connectivity index (χ0n) is 8.93. The molecule has 1 fully saturated rings. The number of carbonyl (C=O) groups excluding carboxylic acids is 2. The Bertz CT molecular complexity index is 412. The van der Waals surface area contributed by atoms with Crippen molar-refractivity contribution in [1.29, 1.82) is 0 Å². The van der Waals surface area contributed by atoms with Gasteiger partial charge >= 0.3 is 11.9 Å². The molecule has 0 radical (unpaired) electrons. The molecule has 1 atom stereocenters. The van der Waals surface area contributed by atoms with Crippen LogP contribution in [-0.2, 0) is 14.3 Å². The quantitative estimate of drug-likeness (QED) is 0.709. The van der Waals surface area contributed by atoms with Crippen molar-refractivity contribution in [2.24, 2.45) is 0 Å². The number of carbonyl (C=O) groups is 2. The summed E-state index contributed by atoms with van der Waals surface area (Å²) in [6, 6.07) is 8.58. The first-order valence-corrected chi connectivity index (χ1v) is 5.07. The van der Waals surface area contributed by atoms with Crippen LogP contribution in [0.4, 0.5) is 0 Å². The van der Waals surface area contributed by atoms with Gasteiger partial charge in [0.15, 0.2) is 0 Å². The minimum absolute atomic E-state index is 0.303. The van der Waals surface area contributed by atoms with E-state index >= 15 is 0 Å². The maximum atomic E-state index is 11.7. The van der Waals surface area contributed by atoms with Crippen LogP contribution < -0.4 is 0 Å². The molecule has 84 valence electrons. The molecule has 0 spiro atoms. The van der Waals surface area contributed by atoms with E-state index < -0.39 is 17.5 Å². The Balaban J connectivity index is 2.11. The lowest BCUT2D eigenvalue weighted by molar-refractivity contribution is -0.152. The summed E-state index contributed by atoms with van der Waals surface area (Å²) in [6.07, 6.45) is 0.407. The van der Waals surface area contributed by atoms with Crippen LogP contribution in [0.2, 0.25) is 0 Å². The lowest BCUT2D eigenvalue weighted by Crippen LogP contribution is -2.36. The standard InChI is InChI=1S/C12H12O4/c1-12(7-8-15-11(12)14)16-10(13)9-5-3-2-4-6-9/h2-6H,7-8H2,1H3/t12-/m1/s1. The fraction of sp³-hybridized carbons (Fsp3) is 0.333. The second-order valence-electron chi connectivity index (χ2n) is 3.87. The van der Waals surface area contributed by atoms with Gasteiger partial charge in [-0.3, -0.25) is 0 Å². The van der Waals surface area contributed by atoms with Gasteiger partial charge in [0.25, 0.3) is 0 Å². The largest absolute Gasteiger partial charge is 0.463 e. The van der Waals surface area contributed by atoms with Crippen LogP contribution in [0.15, 0.2) is 30.3 Å². The second kappa shape index (κ2) is 3.96. The van der Waals surface area contributed by atoms with Crippen molar-refractivity contribution >= 4 is 11.9 Å². The van der Waals surface area contributed by atoms with Gasteiger partial charge in [0, 0.05) is 6.42 Å². The van der Waals surface area contributed by atoms with E-state index in [0.717, 1.165) is 0 Å². The van der Waals surface area contributed by atoms with Crippen LogP contribution in [0.3, 0.4) is 0 Å². The molecule has 4 nitrogen and oxygen atoms in total. The summed E-state index contributed by atoms with van der Waals surface area (Å²) in [5, 5.41) is 0. The van der Waals surface area contributed by atoms with Gasteiger partial charge in [0.1, 0.15) is 0 Å². The first-order chi connectivity index (χ1) is 7.62. The monoisotopic (exact) mass is 220 g/mol. The van der Waals surface area contributed by atoms with Gasteiger partial charge < -0.3 is 9.47 Å². The predicted molar refractivity (Wildman–Crippen MR) is 55.8 cm³/mol. The molecule has 1 aliphatic rings.